The van der Waals surface area contributed by atoms with Gasteiger partial charge < -0.3 is 19.7 Å². The Hall–Kier alpha value is -2.50. The van der Waals surface area contributed by atoms with E-state index in [9.17, 15) is 5.11 Å². The van der Waals surface area contributed by atoms with Gasteiger partial charge in [0.1, 0.15) is 12.0 Å². The number of hydrogen-bond donors (Lipinski definition) is 2. The second-order valence-corrected chi connectivity index (χ2v) is 8.76. The third kappa shape index (κ3) is 3.26. The van der Waals surface area contributed by atoms with Crippen LogP contribution in [-0.4, -0.2) is 34.3 Å². The Balaban J connectivity index is 1.34. The number of aliphatic hydroxyl groups is 1. The fourth-order valence-electron chi connectivity index (χ4n) is 5.13. The summed E-state index contributed by atoms with van der Waals surface area (Å²) in [7, 11) is 0. The molecule has 1 saturated heterocycles. The summed E-state index contributed by atoms with van der Waals surface area (Å²) in [6, 6.07) is 12.2. The number of likely N-dealkylation sites (tertiary alicyclic amines) is 1. The van der Waals surface area contributed by atoms with Gasteiger partial charge in [0.05, 0.1) is 23.5 Å². The van der Waals surface area contributed by atoms with Crippen LogP contribution in [-0.2, 0) is 5.54 Å². The van der Waals surface area contributed by atoms with Gasteiger partial charge in [-0.25, -0.2) is 0 Å². The number of ether oxygens (including phenoxy) is 1. The van der Waals surface area contributed by atoms with Crippen LogP contribution in [0.3, 0.4) is 0 Å². The van der Waals surface area contributed by atoms with E-state index in [1.807, 2.05) is 31.2 Å². The first-order valence-corrected chi connectivity index (χ1v) is 11.1. The lowest BCUT2D eigenvalue weighted by atomic mass is 9.81. The molecule has 1 fully saturated rings. The molecule has 2 aromatic rings. The number of hydrogen-bond acceptors (Lipinski definition) is 4. The van der Waals surface area contributed by atoms with E-state index in [4.69, 9.17) is 4.74 Å². The van der Waals surface area contributed by atoms with Gasteiger partial charge >= 0.3 is 0 Å². The third-order valence-electron chi connectivity index (χ3n) is 6.77. The van der Waals surface area contributed by atoms with E-state index in [0.29, 0.717) is 12.5 Å². The van der Waals surface area contributed by atoms with Gasteiger partial charge in [-0.15, -0.1) is 0 Å². The van der Waals surface area contributed by atoms with Crippen molar-refractivity contribution in [3.05, 3.63) is 71.7 Å². The molecule has 2 atom stereocenters. The van der Waals surface area contributed by atoms with Gasteiger partial charge in [0, 0.05) is 25.0 Å². The monoisotopic (exact) mass is 405 g/mol. The molecule has 5 nitrogen and oxygen atoms in total. The van der Waals surface area contributed by atoms with E-state index >= 15 is 0 Å². The molecule has 1 aliphatic carbocycles. The SMILES string of the molecule is CCOc1ccc(C(O)N2CCC3(CC2)NC2=CC(C)CC=C2n2cccc23)cc1. The molecule has 1 aromatic heterocycles. The number of allylic oxidation sites excluding steroid dienone is 3. The molecule has 1 spiro atoms. The van der Waals surface area contributed by atoms with E-state index in [2.05, 4.69) is 52.2 Å². The first-order valence-electron chi connectivity index (χ1n) is 11.1. The van der Waals surface area contributed by atoms with Crippen molar-refractivity contribution in [3.63, 3.8) is 0 Å². The zero-order valence-corrected chi connectivity index (χ0v) is 17.8. The Kier molecular flexibility index (Phi) is 4.95. The lowest BCUT2D eigenvalue weighted by Gasteiger charge is -2.48. The number of benzene rings is 1. The normalized spacial score (nSPS) is 23.6. The molecule has 0 radical (unpaired) electrons. The average Bonchev–Trinajstić information content (AvgIpc) is 3.26. The van der Waals surface area contributed by atoms with Crippen molar-refractivity contribution >= 4 is 5.70 Å². The molecule has 0 saturated carbocycles. The molecule has 3 aliphatic rings. The number of nitrogens with one attached hydrogen (secondary N) is 1. The molecule has 0 bridgehead atoms. The summed E-state index contributed by atoms with van der Waals surface area (Å²) in [5.41, 5.74) is 4.74. The summed E-state index contributed by atoms with van der Waals surface area (Å²) in [5.74, 6) is 1.41. The third-order valence-corrected chi connectivity index (χ3v) is 6.77. The highest BCUT2D eigenvalue weighted by Gasteiger charge is 2.43. The molecule has 0 amide bonds. The van der Waals surface area contributed by atoms with Crippen LogP contribution in [0.5, 0.6) is 5.75 Å². The smallest absolute Gasteiger partial charge is 0.133 e. The maximum Gasteiger partial charge on any atom is 0.133 e. The molecule has 2 aliphatic heterocycles. The fraction of sp³-hybridized carbons (Fsp3) is 0.440. The molecule has 158 valence electrons. The highest BCUT2D eigenvalue weighted by atomic mass is 16.5. The minimum Gasteiger partial charge on any atom is -0.494 e. The number of piperidine rings is 1. The maximum absolute atomic E-state index is 11.0. The molecular formula is C25H31N3O2. The molecular weight excluding hydrogens is 374 g/mol. The van der Waals surface area contributed by atoms with Crippen LogP contribution in [0.2, 0.25) is 0 Å². The van der Waals surface area contributed by atoms with Crippen LogP contribution in [0, 0.1) is 5.92 Å². The van der Waals surface area contributed by atoms with E-state index in [0.717, 1.165) is 43.7 Å². The predicted molar refractivity (Wildman–Crippen MR) is 119 cm³/mol. The van der Waals surface area contributed by atoms with Gasteiger partial charge in [-0.05, 0) is 61.9 Å². The molecule has 5 heteroatoms. The number of nitrogens with zero attached hydrogens (tertiary/aromatic N) is 2. The number of rotatable bonds is 4. The lowest BCUT2D eigenvalue weighted by Crippen LogP contribution is -2.54. The molecule has 3 heterocycles. The molecule has 5 rings (SSSR count). The van der Waals surface area contributed by atoms with Crippen LogP contribution >= 0.6 is 0 Å². The quantitative estimate of drug-likeness (QED) is 0.799. The topological polar surface area (TPSA) is 49.7 Å². The van der Waals surface area contributed by atoms with Crippen molar-refractivity contribution < 1.29 is 9.84 Å². The van der Waals surface area contributed by atoms with Crippen LogP contribution in [0.1, 0.15) is 50.6 Å². The van der Waals surface area contributed by atoms with Crippen molar-refractivity contribution in [1.29, 1.82) is 0 Å². The minimum atomic E-state index is -0.585. The zero-order chi connectivity index (χ0) is 20.7. The second kappa shape index (κ2) is 7.64. The van der Waals surface area contributed by atoms with Crippen LogP contribution < -0.4 is 10.1 Å². The summed E-state index contributed by atoms with van der Waals surface area (Å²) in [4.78, 5) is 2.18. The molecule has 2 N–H and O–H groups in total. The van der Waals surface area contributed by atoms with E-state index < -0.39 is 6.23 Å². The molecule has 2 unspecified atom stereocenters. The van der Waals surface area contributed by atoms with Gasteiger partial charge in [0.2, 0.25) is 0 Å². The van der Waals surface area contributed by atoms with Gasteiger partial charge in [-0.3, -0.25) is 4.90 Å². The summed E-state index contributed by atoms with van der Waals surface area (Å²) < 4.78 is 7.89. The largest absolute Gasteiger partial charge is 0.494 e. The number of aromatic nitrogens is 1. The highest BCUT2D eigenvalue weighted by molar-refractivity contribution is 5.69. The van der Waals surface area contributed by atoms with Gasteiger partial charge in [-0.1, -0.05) is 31.2 Å². The number of fused-ring (bicyclic) bond motifs is 4. The Morgan fingerprint density at radius 3 is 2.70 bits per heavy atom. The van der Waals surface area contributed by atoms with Crippen LogP contribution in [0.25, 0.3) is 5.70 Å². The van der Waals surface area contributed by atoms with E-state index in [-0.39, 0.29) is 5.54 Å². The second-order valence-electron chi connectivity index (χ2n) is 8.76. The van der Waals surface area contributed by atoms with E-state index in [1.54, 1.807) is 0 Å². The summed E-state index contributed by atoms with van der Waals surface area (Å²) >= 11 is 0. The van der Waals surface area contributed by atoms with Crippen molar-refractivity contribution in [3.8, 4) is 5.75 Å². The first kappa shape index (κ1) is 19.5. The lowest BCUT2D eigenvalue weighted by molar-refractivity contribution is -0.0282. The molecule has 1 aromatic carbocycles. The van der Waals surface area contributed by atoms with Crippen LogP contribution in [0.15, 0.2) is 60.4 Å². The zero-order valence-electron chi connectivity index (χ0n) is 17.8. The van der Waals surface area contributed by atoms with E-state index in [1.165, 1.54) is 17.1 Å². The summed E-state index contributed by atoms with van der Waals surface area (Å²) in [6.07, 6.45) is 9.35. The predicted octanol–water partition coefficient (Wildman–Crippen LogP) is 4.24. The maximum atomic E-state index is 11.0. The Bertz CT molecular complexity index is 965. The minimum absolute atomic E-state index is 0.0707. The van der Waals surface area contributed by atoms with Crippen molar-refractivity contribution in [2.45, 2.75) is 44.9 Å². The summed E-state index contributed by atoms with van der Waals surface area (Å²) in [6.45, 7) is 6.58. The Morgan fingerprint density at radius 1 is 1.20 bits per heavy atom. The van der Waals surface area contributed by atoms with Gasteiger partial charge in [-0.2, -0.15) is 0 Å². The van der Waals surface area contributed by atoms with Crippen molar-refractivity contribution in [1.82, 2.24) is 14.8 Å². The Morgan fingerprint density at radius 2 is 1.97 bits per heavy atom. The van der Waals surface area contributed by atoms with Gasteiger partial charge in [0.15, 0.2) is 0 Å². The summed E-state index contributed by atoms with van der Waals surface area (Å²) in [5, 5.41) is 14.9. The fourth-order valence-corrected chi connectivity index (χ4v) is 5.13. The highest BCUT2D eigenvalue weighted by Crippen LogP contribution is 2.43. The first-order chi connectivity index (χ1) is 14.6. The van der Waals surface area contributed by atoms with Crippen molar-refractivity contribution in [2.24, 2.45) is 5.92 Å². The Labute approximate surface area is 178 Å². The standard InChI is InChI=1S/C25H31N3O2/c1-3-30-20-9-7-19(8-10-20)24(29)27-15-12-25(13-16-27)23-5-4-14-28(23)22-11-6-18(2)17-21(22)26-25/h4-5,7-11,14,17-18,24,26,29H,3,6,12-13,15-16H2,1-2H3. The van der Waals surface area contributed by atoms with Crippen LogP contribution in [0.4, 0.5) is 0 Å². The van der Waals surface area contributed by atoms with Gasteiger partial charge in [0.25, 0.3) is 0 Å². The molecule has 30 heavy (non-hydrogen) atoms. The van der Waals surface area contributed by atoms with Crippen molar-refractivity contribution in [2.75, 3.05) is 19.7 Å². The average molecular weight is 406 g/mol. The number of aliphatic hydroxyl groups excluding tert-OH is 1.